The molecule has 1 N–H and O–H groups in total. The lowest BCUT2D eigenvalue weighted by atomic mass is 9.89. The van der Waals surface area contributed by atoms with Crippen LogP contribution in [0, 0.1) is 10.1 Å². The van der Waals surface area contributed by atoms with Crippen molar-refractivity contribution in [2.24, 2.45) is 0 Å². The lowest BCUT2D eigenvalue weighted by molar-refractivity contribution is -0.384. The number of allylic oxidation sites excluding steroid dienone is 1. The molecule has 26 heavy (non-hydrogen) atoms. The van der Waals surface area contributed by atoms with Crippen molar-refractivity contribution in [2.45, 2.75) is 5.92 Å². The summed E-state index contributed by atoms with van der Waals surface area (Å²) >= 11 is 0. The molecule has 0 bridgehead atoms. The zero-order valence-electron chi connectivity index (χ0n) is 14.5. The summed E-state index contributed by atoms with van der Waals surface area (Å²) in [5.41, 5.74) is 4.01. The van der Waals surface area contributed by atoms with Gasteiger partial charge in [0.15, 0.2) is 0 Å². The highest BCUT2D eigenvalue weighted by Gasteiger charge is 2.18. The summed E-state index contributed by atoms with van der Waals surface area (Å²) in [5, 5.41) is 14.4. The van der Waals surface area contributed by atoms with Crippen LogP contribution in [-0.2, 0) is 0 Å². The van der Waals surface area contributed by atoms with Gasteiger partial charge in [-0.1, -0.05) is 72.8 Å². The molecule has 0 unspecified atom stereocenters. The Labute approximate surface area is 153 Å². The van der Waals surface area contributed by atoms with Gasteiger partial charge >= 0.3 is 0 Å². The Morgan fingerprint density at radius 3 is 2.23 bits per heavy atom. The Bertz CT molecular complexity index is 906. The number of rotatable bonds is 6. The van der Waals surface area contributed by atoms with E-state index in [1.807, 2.05) is 67.7 Å². The van der Waals surface area contributed by atoms with Crippen molar-refractivity contribution in [3.8, 4) is 0 Å². The molecular formula is C22H20N2O2. The molecule has 0 saturated carbocycles. The standard InChI is InChI=1S/C22H20N2O2/c1-23-22-15-13-19(24(25)26)16-21(22)20(18-10-6-3-7-11-18)14-12-17-8-4-2-5-9-17/h2-16,20,23H,1H3/b14-12+/t20-/m1/s1. The van der Waals surface area contributed by atoms with Gasteiger partial charge in [-0.25, -0.2) is 0 Å². The Balaban J connectivity index is 2.10. The van der Waals surface area contributed by atoms with Crippen molar-refractivity contribution in [3.05, 3.63) is 112 Å². The van der Waals surface area contributed by atoms with E-state index in [0.29, 0.717) is 0 Å². The predicted octanol–water partition coefficient (Wildman–Crippen LogP) is 5.48. The maximum Gasteiger partial charge on any atom is 0.269 e. The summed E-state index contributed by atoms with van der Waals surface area (Å²) < 4.78 is 0. The fourth-order valence-corrected chi connectivity index (χ4v) is 2.97. The molecule has 3 rings (SSSR count). The number of anilines is 1. The van der Waals surface area contributed by atoms with Gasteiger partial charge in [-0.15, -0.1) is 0 Å². The van der Waals surface area contributed by atoms with Crippen LogP contribution in [0.4, 0.5) is 11.4 Å². The molecular weight excluding hydrogens is 324 g/mol. The zero-order chi connectivity index (χ0) is 18.4. The molecule has 0 heterocycles. The molecule has 0 aliphatic carbocycles. The Hall–Kier alpha value is -3.40. The average molecular weight is 344 g/mol. The molecule has 0 amide bonds. The summed E-state index contributed by atoms with van der Waals surface area (Å²) in [6, 6.07) is 25.0. The molecule has 0 aliphatic heterocycles. The highest BCUT2D eigenvalue weighted by Crippen LogP contribution is 2.34. The Morgan fingerprint density at radius 2 is 1.62 bits per heavy atom. The molecule has 3 aromatic carbocycles. The van der Waals surface area contributed by atoms with Crippen molar-refractivity contribution < 1.29 is 4.92 Å². The largest absolute Gasteiger partial charge is 0.388 e. The van der Waals surface area contributed by atoms with E-state index >= 15 is 0 Å². The number of non-ortho nitro benzene ring substituents is 1. The quantitative estimate of drug-likeness (QED) is 0.476. The molecule has 4 heteroatoms. The van der Waals surface area contributed by atoms with Gasteiger partial charge in [-0.05, 0) is 22.8 Å². The summed E-state index contributed by atoms with van der Waals surface area (Å²) in [6.45, 7) is 0. The van der Waals surface area contributed by atoms with Gasteiger partial charge in [0.2, 0.25) is 0 Å². The molecule has 0 saturated heterocycles. The summed E-state index contributed by atoms with van der Waals surface area (Å²) in [5.74, 6) is -0.0984. The zero-order valence-corrected chi connectivity index (χ0v) is 14.5. The number of benzene rings is 3. The van der Waals surface area contributed by atoms with E-state index in [1.165, 1.54) is 6.07 Å². The lowest BCUT2D eigenvalue weighted by Gasteiger charge is -2.18. The van der Waals surface area contributed by atoms with Gasteiger partial charge in [0.1, 0.15) is 0 Å². The van der Waals surface area contributed by atoms with Crippen LogP contribution < -0.4 is 5.32 Å². The van der Waals surface area contributed by atoms with Crippen molar-refractivity contribution in [2.75, 3.05) is 12.4 Å². The van der Waals surface area contributed by atoms with Crippen LogP contribution in [-0.4, -0.2) is 12.0 Å². The molecule has 0 radical (unpaired) electrons. The highest BCUT2D eigenvalue weighted by atomic mass is 16.6. The number of nitrogens with zero attached hydrogens (tertiary/aromatic N) is 1. The van der Waals surface area contributed by atoms with Crippen LogP contribution in [0.3, 0.4) is 0 Å². The van der Waals surface area contributed by atoms with Crippen LogP contribution in [0.15, 0.2) is 84.9 Å². The number of nitrogens with one attached hydrogen (secondary N) is 1. The third-order valence-corrected chi connectivity index (χ3v) is 4.29. The monoisotopic (exact) mass is 344 g/mol. The first kappa shape index (κ1) is 17.4. The minimum atomic E-state index is -0.355. The first-order valence-electron chi connectivity index (χ1n) is 8.43. The minimum Gasteiger partial charge on any atom is -0.388 e. The van der Waals surface area contributed by atoms with Crippen LogP contribution >= 0.6 is 0 Å². The summed E-state index contributed by atoms with van der Waals surface area (Å²) in [7, 11) is 1.83. The molecule has 1 atom stereocenters. The maximum absolute atomic E-state index is 11.3. The van der Waals surface area contributed by atoms with Crippen molar-refractivity contribution >= 4 is 17.5 Å². The van der Waals surface area contributed by atoms with Gasteiger partial charge in [0, 0.05) is 30.8 Å². The molecule has 3 aromatic rings. The number of nitro groups is 1. The molecule has 0 aromatic heterocycles. The SMILES string of the molecule is CNc1ccc([N+](=O)[O-])cc1[C@H](/C=C/c1ccccc1)c1ccccc1. The van der Waals surface area contributed by atoms with Gasteiger partial charge in [-0.3, -0.25) is 10.1 Å². The van der Waals surface area contributed by atoms with Crippen LogP contribution in [0.25, 0.3) is 6.08 Å². The number of hydrogen-bond donors (Lipinski definition) is 1. The Morgan fingerprint density at radius 1 is 0.962 bits per heavy atom. The minimum absolute atomic E-state index is 0.0908. The smallest absolute Gasteiger partial charge is 0.269 e. The lowest BCUT2D eigenvalue weighted by Crippen LogP contribution is -2.04. The van der Waals surface area contributed by atoms with Gasteiger partial charge in [0.05, 0.1) is 4.92 Å². The fourth-order valence-electron chi connectivity index (χ4n) is 2.97. The topological polar surface area (TPSA) is 55.2 Å². The van der Waals surface area contributed by atoms with Crippen molar-refractivity contribution in [1.29, 1.82) is 0 Å². The normalized spacial score (nSPS) is 12.0. The number of hydrogen-bond acceptors (Lipinski definition) is 3. The van der Waals surface area contributed by atoms with E-state index in [-0.39, 0.29) is 16.5 Å². The molecule has 0 fully saturated rings. The molecule has 0 aliphatic rings. The van der Waals surface area contributed by atoms with E-state index in [4.69, 9.17) is 0 Å². The first-order valence-corrected chi connectivity index (χ1v) is 8.43. The second kappa shape index (κ2) is 8.12. The van der Waals surface area contributed by atoms with Crippen LogP contribution in [0.1, 0.15) is 22.6 Å². The predicted molar refractivity (Wildman–Crippen MR) is 106 cm³/mol. The summed E-state index contributed by atoms with van der Waals surface area (Å²) in [6.07, 6.45) is 4.14. The van der Waals surface area contributed by atoms with E-state index in [9.17, 15) is 10.1 Å². The fraction of sp³-hybridized carbons (Fsp3) is 0.0909. The second-order valence-corrected chi connectivity index (χ2v) is 5.94. The van der Waals surface area contributed by atoms with Crippen molar-refractivity contribution in [3.63, 3.8) is 0 Å². The maximum atomic E-state index is 11.3. The van der Waals surface area contributed by atoms with E-state index in [0.717, 1.165) is 22.4 Å². The first-order chi connectivity index (χ1) is 12.7. The van der Waals surface area contributed by atoms with Gasteiger partial charge in [0.25, 0.3) is 5.69 Å². The highest BCUT2D eigenvalue weighted by molar-refractivity contribution is 5.62. The van der Waals surface area contributed by atoms with Crippen molar-refractivity contribution in [1.82, 2.24) is 0 Å². The average Bonchev–Trinajstić information content (AvgIpc) is 2.69. The number of nitro benzene ring substituents is 1. The third-order valence-electron chi connectivity index (χ3n) is 4.29. The molecule has 130 valence electrons. The van der Waals surface area contributed by atoms with Gasteiger partial charge in [-0.2, -0.15) is 0 Å². The van der Waals surface area contributed by atoms with Gasteiger partial charge < -0.3 is 5.32 Å². The second-order valence-electron chi connectivity index (χ2n) is 5.94. The molecule has 4 nitrogen and oxygen atoms in total. The van der Waals surface area contributed by atoms with E-state index < -0.39 is 0 Å². The van der Waals surface area contributed by atoms with Crippen LogP contribution in [0.5, 0.6) is 0 Å². The molecule has 0 spiro atoms. The third kappa shape index (κ3) is 3.98. The van der Waals surface area contributed by atoms with E-state index in [2.05, 4.69) is 17.5 Å². The Kier molecular flexibility index (Phi) is 5.44. The van der Waals surface area contributed by atoms with E-state index in [1.54, 1.807) is 12.1 Å². The van der Waals surface area contributed by atoms with Crippen LogP contribution in [0.2, 0.25) is 0 Å². The summed E-state index contributed by atoms with van der Waals surface area (Å²) in [4.78, 5) is 10.9.